The third kappa shape index (κ3) is 3.00. The number of aliphatic imine (C=N–C) groups is 1. The molecule has 2 rings (SSSR count). The Morgan fingerprint density at radius 1 is 1.59 bits per heavy atom. The molecule has 0 aliphatic carbocycles. The van der Waals surface area contributed by atoms with Gasteiger partial charge < -0.3 is 5.32 Å². The number of aromatic nitrogens is 1. The summed E-state index contributed by atoms with van der Waals surface area (Å²) >= 11 is 1.81. The molecule has 1 aliphatic heterocycles. The molecule has 1 aromatic rings. The van der Waals surface area contributed by atoms with Crippen LogP contribution in [0.1, 0.15) is 38.9 Å². The monoisotopic (exact) mass is 249 g/mol. The molecule has 2 heterocycles. The maximum absolute atomic E-state index is 4.70. The fourth-order valence-electron chi connectivity index (χ4n) is 1.68. The van der Waals surface area contributed by atoms with Gasteiger partial charge in [0, 0.05) is 17.5 Å². The van der Waals surface area contributed by atoms with E-state index in [1.165, 1.54) is 0 Å². The molecule has 1 fully saturated rings. The molecule has 0 spiro atoms. The summed E-state index contributed by atoms with van der Waals surface area (Å²) in [4.78, 5) is 9.03. The molecule has 0 radical (unpaired) electrons. The second-order valence-electron chi connectivity index (χ2n) is 4.69. The number of thioether (sulfide) groups is 1. The topological polar surface area (TPSA) is 37.3 Å². The lowest BCUT2D eigenvalue weighted by Crippen LogP contribution is -2.39. The molecule has 2 atom stereocenters. The van der Waals surface area contributed by atoms with Gasteiger partial charge in [-0.1, -0.05) is 24.8 Å². The highest BCUT2D eigenvalue weighted by Crippen LogP contribution is 2.27. The van der Waals surface area contributed by atoms with E-state index in [-0.39, 0.29) is 11.6 Å². The van der Waals surface area contributed by atoms with Crippen LogP contribution >= 0.6 is 11.8 Å². The number of amidine groups is 1. The largest absolute Gasteiger partial charge is 0.359 e. The van der Waals surface area contributed by atoms with Crippen molar-refractivity contribution in [1.82, 2.24) is 10.3 Å². The molecular weight excluding hydrogens is 230 g/mol. The van der Waals surface area contributed by atoms with E-state index in [2.05, 4.69) is 31.1 Å². The molecule has 1 aliphatic rings. The zero-order valence-electron chi connectivity index (χ0n) is 10.6. The Balaban J connectivity index is 2.06. The molecule has 3 nitrogen and oxygen atoms in total. The fourth-order valence-corrected chi connectivity index (χ4v) is 2.97. The zero-order chi connectivity index (χ0) is 12.3. The summed E-state index contributed by atoms with van der Waals surface area (Å²) in [6.45, 7) is 6.53. The van der Waals surface area contributed by atoms with Crippen LogP contribution < -0.4 is 5.32 Å². The Morgan fingerprint density at radius 3 is 3.00 bits per heavy atom. The van der Waals surface area contributed by atoms with Crippen molar-refractivity contribution in [3.63, 3.8) is 0 Å². The molecular formula is C13H19N3S. The maximum atomic E-state index is 4.70. The zero-order valence-corrected chi connectivity index (χ0v) is 11.4. The van der Waals surface area contributed by atoms with Gasteiger partial charge in [0.1, 0.15) is 0 Å². The van der Waals surface area contributed by atoms with Gasteiger partial charge in [0.15, 0.2) is 5.17 Å². The lowest BCUT2D eigenvalue weighted by Gasteiger charge is -2.21. The van der Waals surface area contributed by atoms with Gasteiger partial charge in [-0.05, 0) is 32.4 Å². The van der Waals surface area contributed by atoms with Crippen molar-refractivity contribution in [3.8, 4) is 0 Å². The molecule has 0 amide bonds. The van der Waals surface area contributed by atoms with Gasteiger partial charge in [-0.3, -0.25) is 9.98 Å². The summed E-state index contributed by atoms with van der Waals surface area (Å²) in [6.07, 6.45) is 2.94. The molecule has 17 heavy (non-hydrogen) atoms. The summed E-state index contributed by atoms with van der Waals surface area (Å²) in [5, 5.41) is 4.55. The van der Waals surface area contributed by atoms with Crippen molar-refractivity contribution in [3.05, 3.63) is 30.1 Å². The first-order chi connectivity index (χ1) is 8.13. The van der Waals surface area contributed by atoms with E-state index in [1.54, 1.807) is 0 Å². The number of pyridine rings is 1. The van der Waals surface area contributed by atoms with Crippen molar-refractivity contribution in [1.29, 1.82) is 0 Å². The van der Waals surface area contributed by atoms with E-state index < -0.39 is 0 Å². The number of hydrogen-bond donors (Lipinski definition) is 1. The lowest BCUT2D eigenvalue weighted by atomic mass is 10.0. The average molecular weight is 249 g/mol. The van der Waals surface area contributed by atoms with Gasteiger partial charge in [-0.25, -0.2) is 0 Å². The minimum absolute atomic E-state index is 0.116. The van der Waals surface area contributed by atoms with Crippen LogP contribution in [0.4, 0.5) is 0 Å². The summed E-state index contributed by atoms with van der Waals surface area (Å²) in [7, 11) is 0. The van der Waals surface area contributed by atoms with Crippen molar-refractivity contribution >= 4 is 16.9 Å². The third-order valence-corrected chi connectivity index (χ3v) is 4.41. The van der Waals surface area contributed by atoms with Crippen molar-refractivity contribution in [2.45, 2.75) is 38.8 Å². The van der Waals surface area contributed by atoms with Gasteiger partial charge in [-0.15, -0.1) is 0 Å². The summed E-state index contributed by atoms with van der Waals surface area (Å²) in [5.74, 6) is 1.09. The fraction of sp³-hybridized carbons (Fsp3) is 0.538. The van der Waals surface area contributed by atoms with E-state index >= 15 is 0 Å². The van der Waals surface area contributed by atoms with E-state index in [0.717, 1.165) is 23.0 Å². The Hall–Kier alpha value is -1.03. The van der Waals surface area contributed by atoms with Crippen LogP contribution in [0.3, 0.4) is 0 Å². The number of rotatable bonds is 3. The number of nitrogens with one attached hydrogen (secondary N) is 1. The maximum Gasteiger partial charge on any atom is 0.157 e. The van der Waals surface area contributed by atoms with Crippen molar-refractivity contribution in [2.75, 3.05) is 5.75 Å². The first-order valence-corrected chi connectivity index (χ1v) is 7.01. The van der Waals surface area contributed by atoms with Crippen LogP contribution in [0.2, 0.25) is 0 Å². The summed E-state index contributed by atoms with van der Waals surface area (Å²) in [5.41, 5.74) is 1.22. The van der Waals surface area contributed by atoms with Crippen molar-refractivity contribution in [2.24, 2.45) is 4.99 Å². The highest BCUT2D eigenvalue weighted by molar-refractivity contribution is 8.14. The molecule has 4 heteroatoms. The minimum atomic E-state index is 0.116. The van der Waals surface area contributed by atoms with Crippen LogP contribution in [0.25, 0.3) is 0 Å². The Labute approximate surface area is 107 Å². The van der Waals surface area contributed by atoms with Gasteiger partial charge in [0.2, 0.25) is 0 Å². The number of hydrogen-bond acceptors (Lipinski definition) is 3. The molecule has 1 N–H and O–H groups in total. The highest BCUT2D eigenvalue weighted by Gasteiger charge is 2.30. The Morgan fingerprint density at radius 2 is 2.41 bits per heavy atom. The lowest BCUT2D eigenvalue weighted by molar-refractivity contribution is 0.465. The van der Waals surface area contributed by atoms with Crippen molar-refractivity contribution < 1.29 is 0 Å². The summed E-state index contributed by atoms with van der Waals surface area (Å²) < 4.78 is 0. The molecule has 2 unspecified atom stereocenters. The predicted molar refractivity (Wildman–Crippen MR) is 74.4 cm³/mol. The Kier molecular flexibility index (Phi) is 3.72. The molecule has 1 saturated heterocycles. The molecule has 0 saturated carbocycles. The van der Waals surface area contributed by atoms with E-state index in [1.807, 2.05) is 36.2 Å². The second-order valence-corrected chi connectivity index (χ2v) is 5.66. The van der Waals surface area contributed by atoms with E-state index in [0.29, 0.717) is 0 Å². The standard InChI is InChI=1S/C13H19N3S/c1-4-13(3)9-17-12(16-13)15-10(2)11-7-5-6-8-14-11/h5-8,10H,4,9H2,1-3H3,(H,15,16). The third-order valence-electron chi connectivity index (χ3n) is 3.14. The van der Waals surface area contributed by atoms with Crippen LogP contribution in [-0.4, -0.2) is 21.4 Å². The van der Waals surface area contributed by atoms with Gasteiger partial charge >= 0.3 is 0 Å². The summed E-state index contributed by atoms with van der Waals surface area (Å²) in [6, 6.07) is 6.07. The minimum Gasteiger partial charge on any atom is -0.359 e. The highest BCUT2D eigenvalue weighted by atomic mass is 32.2. The van der Waals surface area contributed by atoms with Crippen LogP contribution in [0.15, 0.2) is 29.4 Å². The van der Waals surface area contributed by atoms with Gasteiger partial charge in [0.05, 0.1) is 11.7 Å². The van der Waals surface area contributed by atoms with Crippen LogP contribution in [-0.2, 0) is 0 Å². The van der Waals surface area contributed by atoms with Gasteiger partial charge in [-0.2, -0.15) is 0 Å². The number of nitrogens with zero attached hydrogens (tertiary/aromatic N) is 2. The molecule has 0 bridgehead atoms. The normalized spacial score (nSPS) is 28.1. The SMILES string of the molecule is CCC1(C)CSC(=NC(C)c2ccccn2)N1. The Bertz CT molecular complexity index is 404. The van der Waals surface area contributed by atoms with Gasteiger partial charge in [0.25, 0.3) is 0 Å². The predicted octanol–water partition coefficient (Wildman–Crippen LogP) is 3.00. The molecule has 1 aromatic heterocycles. The van der Waals surface area contributed by atoms with Crippen LogP contribution in [0.5, 0.6) is 0 Å². The van der Waals surface area contributed by atoms with E-state index in [9.17, 15) is 0 Å². The second kappa shape index (κ2) is 5.08. The smallest absolute Gasteiger partial charge is 0.157 e. The van der Waals surface area contributed by atoms with Crippen LogP contribution in [0, 0.1) is 0 Å². The van der Waals surface area contributed by atoms with E-state index in [4.69, 9.17) is 4.99 Å². The average Bonchev–Trinajstić information content (AvgIpc) is 2.73. The molecule has 0 aromatic carbocycles. The molecule has 92 valence electrons. The quantitative estimate of drug-likeness (QED) is 0.894. The first kappa shape index (κ1) is 12.4. The first-order valence-electron chi connectivity index (χ1n) is 6.03.